The lowest BCUT2D eigenvalue weighted by Crippen LogP contribution is -2.44. The Morgan fingerprint density at radius 1 is 1.31 bits per heavy atom. The van der Waals surface area contributed by atoms with E-state index < -0.39 is 33.5 Å². The number of urea groups is 1. The first-order valence-electron chi connectivity index (χ1n) is 8.27. The number of amides is 2. The van der Waals surface area contributed by atoms with Crippen molar-refractivity contribution in [2.24, 2.45) is 5.92 Å². The Morgan fingerprint density at radius 2 is 2.00 bits per heavy atom. The SMILES string of the molecule is CC(C)(C)NS(=O)(=O)c1ccc(NC(=O)N2CCCC(C(=O)O)C2)nc1. The van der Waals surface area contributed by atoms with Crippen LogP contribution in [0.15, 0.2) is 23.2 Å². The average Bonchev–Trinajstić information content (AvgIpc) is 2.53. The monoisotopic (exact) mass is 384 g/mol. The standard InChI is InChI=1S/C16H24N4O5S/c1-16(2,3)19-26(24,25)12-6-7-13(17-9-12)18-15(23)20-8-4-5-11(10-20)14(21)22/h6-7,9,11,19H,4-5,8,10H2,1-3H3,(H,21,22)(H,17,18,23). The van der Waals surface area contributed by atoms with Gasteiger partial charge in [-0.25, -0.2) is 22.9 Å². The number of nitrogens with zero attached hydrogens (tertiary/aromatic N) is 2. The first-order chi connectivity index (χ1) is 12.0. The molecule has 2 amide bonds. The Balaban J connectivity index is 2.03. The number of aliphatic carboxylic acids is 1. The average molecular weight is 384 g/mol. The van der Waals surface area contributed by atoms with Crippen molar-refractivity contribution in [1.29, 1.82) is 0 Å². The van der Waals surface area contributed by atoms with Gasteiger partial charge in [-0.2, -0.15) is 0 Å². The summed E-state index contributed by atoms with van der Waals surface area (Å²) in [6.07, 6.45) is 2.33. The fraction of sp³-hybridized carbons (Fsp3) is 0.562. The summed E-state index contributed by atoms with van der Waals surface area (Å²) in [5.74, 6) is -1.29. The summed E-state index contributed by atoms with van der Waals surface area (Å²) in [7, 11) is -3.70. The number of pyridine rings is 1. The molecule has 0 spiro atoms. The highest BCUT2D eigenvalue weighted by molar-refractivity contribution is 7.89. The van der Waals surface area contributed by atoms with Gasteiger partial charge in [0.2, 0.25) is 10.0 Å². The Hall–Kier alpha value is -2.20. The van der Waals surface area contributed by atoms with E-state index in [0.717, 1.165) is 0 Å². The van der Waals surface area contributed by atoms with Gasteiger partial charge in [-0.15, -0.1) is 0 Å². The molecule has 10 heteroatoms. The topological polar surface area (TPSA) is 129 Å². The van der Waals surface area contributed by atoms with Gasteiger partial charge >= 0.3 is 12.0 Å². The van der Waals surface area contributed by atoms with Crippen LogP contribution in [0.25, 0.3) is 0 Å². The van der Waals surface area contributed by atoms with Crippen LogP contribution in [-0.4, -0.2) is 54.0 Å². The largest absolute Gasteiger partial charge is 0.481 e. The van der Waals surface area contributed by atoms with E-state index in [1.165, 1.54) is 23.2 Å². The molecule has 1 aliphatic heterocycles. The van der Waals surface area contributed by atoms with Crippen LogP contribution in [0.4, 0.5) is 10.6 Å². The van der Waals surface area contributed by atoms with E-state index in [1.54, 1.807) is 20.8 Å². The third kappa shape index (κ3) is 5.40. The molecule has 0 radical (unpaired) electrons. The second-order valence-corrected chi connectivity index (χ2v) is 8.97. The van der Waals surface area contributed by atoms with E-state index in [1.807, 2.05) is 0 Å². The molecule has 144 valence electrons. The maximum absolute atomic E-state index is 12.3. The molecule has 3 N–H and O–H groups in total. The van der Waals surface area contributed by atoms with E-state index in [0.29, 0.717) is 19.4 Å². The van der Waals surface area contributed by atoms with Crippen LogP contribution in [0.2, 0.25) is 0 Å². The molecule has 0 aliphatic carbocycles. The zero-order valence-electron chi connectivity index (χ0n) is 15.0. The zero-order valence-corrected chi connectivity index (χ0v) is 15.8. The van der Waals surface area contributed by atoms with Crippen LogP contribution in [0.3, 0.4) is 0 Å². The minimum atomic E-state index is -3.70. The van der Waals surface area contributed by atoms with E-state index in [4.69, 9.17) is 5.11 Å². The van der Waals surface area contributed by atoms with Crippen molar-refractivity contribution < 1.29 is 23.1 Å². The summed E-state index contributed by atoms with van der Waals surface area (Å²) < 4.78 is 27.0. The van der Waals surface area contributed by atoms with E-state index >= 15 is 0 Å². The Morgan fingerprint density at radius 3 is 2.54 bits per heavy atom. The first kappa shape index (κ1) is 20.1. The summed E-state index contributed by atoms with van der Waals surface area (Å²) in [5, 5.41) is 11.6. The number of hydrogen-bond donors (Lipinski definition) is 3. The van der Waals surface area contributed by atoms with E-state index in [2.05, 4.69) is 15.0 Å². The number of anilines is 1. The summed E-state index contributed by atoms with van der Waals surface area (Å²) in [5.41, 5.74) is -0.624. The van der Waals surface area contributed by atoms with Crippen LogP contribution < -0.4 is 10.0 Å². The number of nitrogens with one attached hydrogen (secondary N) is 2. The summed E-state index contributed by atoms with van der Waals surface area (Å²) >= 11 is 0. The van der Waals surface area contributed by atoms with Crippen LogP contribution in [-0.2, 0) is 14.8 Å². The number of carboxylic acids is 1. The molecule has 2 rings (SSSR count). The fourth-order valence-electron chi connectivity index (χ4n) is 2.63. The van der Waals surface area contributed by atoms with E-state index in [9.17, 15) is 18.0 Å². The van der Waals surface area contributed by atoms with Crippen molar-refractivity contribution in [1.82, 2.24) is 14.6 Å². The van der Waals surface area contributed by atoms with Crippen molar-refractivity contribution in [3.05, 3.63) is 18.3 Å². The number of likely N-dealkylation sites (tertiary alicyclic amines) is 1. The van der Waals surface area contributed by atoms with Crippen molar-refractivity contribution >= 4 is 27.8 Å². The molecule has 1 aliphatic rings. The van der Waals surface area contributed by atoms with Crippen LogP contribution in [0, 0.1) is 5.92 Å². The molecule has 0 bridgehead atoms. The molecule has 1 aromatic heterocycles. The van der Waals surface area contributed by atoms with Gasteiger partial charge in [-0.05, 0) is 45.7 Å². The lowest BCUT2D eigenvalue weighted by molar-refractivity contribution is -0.143. The van der Waals surface area contributed by atoms with Crippen molar-refractivity contribution in [3.8, 4) is 0 Å². The molecular weight excluding hydrogens is 360 g/mol. The number of rotatable bonds is 4. The molecule has 2 heterocycles. The molecule has 9 nitrogen and oxygen atoms in total. The number of carboxylic acid groups (broad SMARTS) is 1. The second kappa shape index (κ2) is 7.58. The highest BCUT2D eigenvalue weighted by atomic mass is 32.2. The third-order valence-electron chi connectivity index (χ3n) is 3.78. The van der Waals surface area contributed by atoms with Gasteiger partial charge in [0.05, 0.1) is 5.92 Å². The van der Waals surface area contributed by atoms with Crippen LogP contribution in [0.1, 0.15) is 33.6 Å². The van der Waals surface area contributed by atoms with Crippen molar-refractivity contribution in [2.45, 2.75) is 44.0 Å². The smallest absolute Gasteiger partial charge is 0.323 e. The molecule has 1 unspecified atom stereocenters. The summed E-state index contributed by atoms with van der Waals surface area (Å²) in [4.78, 5) is 28.7. The predicted molar refractivity (Wildman–Crippen MR) is 95.3 cm³/mol. The maximum Gasteiger partial charge on any atom is 0.323 e. The van der Waals surface area contributed by atoms with Crippen LogP contribution >= 0.6 is 0 Å². The summed E-state index contributed by atoms with van der Waals surface area (Å²) in [6.45, 7) is 5.81. The maximum atomic E-state index is 12.3. The third-order valence-corrected chi connectivity index (χ3v) is 5.52. The molecule has 26 heavy (non-hydrogen) atoms. The molecule has 1 fully saturated rings. The molecular formula is C16H24N4O5S. The Labute approximate surface area is 152 Å². The van der Waals surface area contributed by atoms with Crippen molar-refractivity contribution in [3.63, 3.8) is 0 Å². The van der Waals surface area contributed by atoms with Gasteiger partial charge in [-0.3, -0.25) is 10.1 Å². The van der Waals surface area contributed by atoms with Crippen molar-refractivity contribution in [2.75, 3.05) is 18.4 Å². The number of aromatic nitrogens is 1. The predicted octanol–water partition coefficient (Wildman–Crippen LogP) is 1.49. The lowest BCUT2D eigenvalue weighted by Gasteiger charge is -2.30. The van der Waals surface area contributed by atoms with Gasteiger partial charge in [0.15, 0.2) is 0 Å². The highest BCUT2D eigenvalue weighted by Gasteiger charge is 2.28. The zero-order chi connectivity index (χ0) is 19.5. The highest BCUT2D eigenvalue weighted by Crippen LogP contribution is 2.18. The van der Waals surface area contributed by atoms with Gasteiger partial charge in [0.25, 0.3) is 0 Å². The number of carbonyl (C=O) groups is 2. The minimum Gasteiger partial charge on any atom is -0.481 e. The number of carbonyl (C=O) groups excluding carboxylic acids is 1. The number of piperidine rings is 1. The van der Waals surface area contributed by atoms with Gasteiger partial charge in [0.1, 0.15) is 10.7 Å². The first-order valence-corrected chi connectivity index (χ1v) is 9.75. The van der Waals surface area contributed by atoms with E-state index in [-0.39, 0.29) is 17.3 Å². The number of hydrogen-bond acceptors (Lipinski definition) is 5. The minimum absolute atomic E-state index is 0.00524. The molecule has 1 saturated heterocycles. The summed E-state index contributed by atoms with van der Waals surface area (Å²) in [6, 6.07) is 2.30. The normalized spacial score (nSPS) is 18.4. The van der Waals surface area contributed by atoms with Crippen LogP contribution in [0.5, 0.6) is 0 Å². The molecule has 0 aromatic carbocycles. The quantitative estimate of drug-likeness (QED) is 0.721. The van der Waals surface area contributed by atoms with Gasteiger partial charge < -0.3 is 10.0 Å². The Bertz CT molecular complexity index is 771. The van der Waals surface area contributed by atoms with Gasteiger partial charge in [0, 0.05) is 24.8 Å². The molecule has 0 saturated carbocycles. The van der Waals surface area contributed by atoms with Gasteiger partial charge in [-0.1, -0.05) is 0 Å². The molecule has 1 aromatic rings. The second-order valence-electron chi connectivity index (χ2n) is 7.29. The fourth-order valence-corrected chi connectivity index (χ4v) is 3.99. The molecule has 1 atom stereocenters. The Kier molecular flexibility index (Phi) is 5.87. The number of sulfonamides is 1. The lowest BCUT2D eigenvalue weighted by atomic mass is 9.99.